The van der Waals surface area contributed by atoms with Gasteiger partial charge in [0.05, 0.1) is 29.7 Å². The first kappa shape index (κ1) is 20.6. The summed E-state index contributed by atoms with van der Waals surface area (Å²) in [6, 6.07) is 15.6. The second-order valence-electron chi connectivity index (χ2n) is 8.37. The number of imidazole rings is 1. The Labute approximate surface area is 186 Å². The van der Waals surface area contributed by atoms with Crippen LogP contribution < -0.4 is 5.48 Å². The third-order valence-electron chi connectivity index (χ3n) is 6.30. The summed E-state index contributed by atoms with van der Waals surface area (Å²) >= 11 is 0. The Bertz CT molecular complexity index is 1180. The first-order valence-corrected chi connectivity index (χ1v) is 10.9. The molecule has 1 aliphatic carbocycles. The summed E-state index contributed by atoms with van der Waals surface area (Å²) in [4.78, 5) is 22.6. The maximum atomic E-state index is 11.8. The van der Waals surface area contributed by atoms with Gasteiger partial charge in [-0.1, -0.05) is 48.6 Å². The molecule has 3 aromatic rings. The van der Waals surface area contributed by atoms with Crippen LogP contribution in [-0.2, 0) is 10.2 Å². The van der Waals surface area contributed by atoms with E-state index in [1.54, 1.807) is 23.7 Å². The van der Waals surface area contributed by atoms with Gasteiger partial charge in [0, 0.05) is 25.2 Å². The van der Waals surface area contributed by atoms with Gasteiger partial charge in [-0.3, -0.25) is 14.9 Å². The number of nitrogens with zero attached hydrogens (tertiary/aromatic N) is 2. The van der Waals surface area contributed by atoms with Crippen molar-refractivity contribution >= 4 is 22.5 Å². The number of aromatic amines is 1. The maximum absolute atomic E-state index is 11.8. The van der Waals surface area contributed by atoms with Gasteiger partial charge >= 0.3 is 0 Å². The van der Waals surface area contributed by atoms with E-state index in [-0.39, 0.29) is 5.41 Å². The highest BCUT2D eigenvalue weighted by Crippen LogP contribution is 2.37. The molecular weight excluding hydrogens is 404 g/mol. The monoisotopic (exact) mass is 430 g/mol. The molecular formula is C25H26N4O3. The summed E-state index contributed by atoms with van der Waals surface area (Å²) in [5.41, 5.74) is 5.73. The number of morpholine rings is 1. The van der Waals surface area contributed by atoms with Crippen molar-refractivity contribution in [2.75, 3.05) is 32.8 Å². The fraction of sp³-hybridized carbons (Fsp3) is 0.280. The predicted octanol–water partition coefficient (Wildman–Crippen LogP) is 3.30. The average Bonchev–Trinajstić information content (AvgIpc) is 3.29. The second kappa shape index (κ2) is 8.70. The summed E-state index contributed by atoms with van der Waals surface area (Å²) < 4.78 is 5.54. The van der Waals surface area contributed by atoms with E-state index in [2.05, 4.69) is 52.4 Å². The molecule has 2 aromatic carbocycles. The minimum absolute atomic E-state index is 0.311. The molecule has 2 heterocycles. The number of ether oxygens (including phenoxy) is 1. The molecule has 2 aliphatic rings. The number of nitrogens with one attached hydrogen (secondary N) is 2. The molecule has 1 aliphatic heterocycles. The minimum atomic E-state index is -0.543. The Kier molecular flexibility index (Phi) is 5.61. The lowest BCUT2D eigenvalue weighted by atomic mass is 9.77. The predicted molar refractivity (Wildman–Crippen MR) is 122 cm³/mol. The van der Waals surface area contributed by atoms with Crippen LogP contribution in [-0.4, -0.2) is 58.8 Å². The van der Waals surface area contributed by atoms with Gasteiger partial charge in [-0.05, 0) is 35.8 Å². The molecule has 32 heavy (non-hydrogen) atoms. The zero-order valence-electron chi connectivity index (χ0n) is 17.8. The number of H-pyrrole nitrogens is 1. The number of carbonyl (C=O) groups is 1. The highest BCUT2D eigenvalue weighted by atomic mass is 16.5. The fourth-order valence-corrected chi connectivity index (χ4v) is 4.50. The van der Waals surface area contributed by atoms with Gasteiger partial charge in [0.15, 0.2) is 0 Å². The number of carbonyl (C=O) groups excluding carboxylic acids is 1. The van der Waals surface area contributed by atoms with Crippen molar-refractivity contribution in [1.82, 2.24) is 20.3 Å². The van der Waals surface area contributed by atoms with E-state index in [0.29, 0.717) is 5.56 Å². The fourth-order valence-electron chi connectivity index (χ4n) is 4.50. The molecule has 3 N–H and O–H groups in total. The van der Waals surface area contributed by atoms with Crippen LogP contribution in [0, 0.1) is 0 Å². The molecule has 1 aromatic heterocycles. The highest BCUT2D eigenvalue weighted by molar-refractivity contribution is 5.96. The third-order valence-corrected chi connectivity index (χ3v) is 6.30. The van der Waals surface area contributed by atoms with Gasteiger partial charge in [-0.15, -0.1) is 0 Å². The van der Waals surface area contributed by atoms with Crippen molar-refractivity contribution in [3.8, 4) is 0 Å². The van der Waals surface area contributed by atoms with E-state index in [1.807, 2.05) is 6.07 Å². The van der Waals surface area contributed by atoms with Gasteiger partial charge in [0.1, 0.15) is 5.82 Å². The zero-order valence-corrected chi connectivity index (χ0v) is 17.8. The summed E-state index contributed by atoms with van der Waals surface area (Å²) in [6.45, 7) is 4.10. The molecule has 0 spiro atoms. The van der Waals surface area contributed by atoms with E-state index >= 15 is 0 Å². The van der Waals surface area contributed by atoms with Crippen molar-refractivity contribution < 1.29 is 14.7 Å². The van der Waals surface area contributed by atoms with Crippen LogP contribution in [0.2, 0.25) is 0 Å². The molecule has 1 unspecified atom stereocenters. The molecule has 7 heteroatoms. The molecule has 5 rings (SSSR count). The number of fused-ring (bicyclic) bond motifs is 1. The highest BCUT2D eigenvalue weighted by Gasteiger charge is 2.36. The summed E-state index contributed by atoms with van der Waals surface area (Å²) in [5, 5.41) is 8.95. The van der Waals surface area contributed by atoms with E-state index < -0.39 is 5.91 Å². The van der Waals surface area contributed by atoms with Crippen LogP contribution in [0.1, 0.15) is 28.2 Å². The van der Waals surface area contributed by atoms with Gasteiger partial charge in [-0.25, -0.2) is 10.5 Å². The van der Waals surface area contributed by atoms with Crippen molar-refractivity contribution in [1.29, 1.82) is 0 Å². The lowest BCUT2D eigenvalue weighted by Crippen LogP contribution is -2.46. The van der Waals surface area contributed by atoms with E-state index in [4.69, 9.17) is 14.9 Å². The molecule has 1 fully saturated rings. The lowest BCUT2D eigenvalue weighted by Gasteiger charge is -2.37. The van der Waals surface area contributed by atoms with Crippen LogP contribution in [0.15, 0.2) is 66.8 Å². The SMILES string of the molecule is O=C(NO)c1ccc2nc(C3(CN4CCOCC4)C=CC(c4ccccc4)=CC3)[nH]c2c1. The van der Waals surface area contributed by atoms with Crippen molar-refractivity contribution in [2.24, 2.45) is 0 Å². The van der Waals surface area contributed by atoms with Crippen LogP contribution in [0.4, 0.5) is 0 Å². The maximum Gasteiger partial charge on any atom is 0.274 e. The van der Waals surface area contributed by atoms with Gasteiger partial charge in [-0.2, -0.15) is 0 Å². The first-order chi connectivity index (χ1) is 15.7. The number of benzene rings is 2. The van der Waals surface area contributed by atoms with E-state index in [0.717, 1.165) is 56.1 Å². The largest absolute Gasteiger partial charge is 0.379 e. The number of amides is 1. The molecule has 0 bridgehead atoms. The Morgan fingerprint density at radius 1 is 1.19 bits per heavy atom. The molecule has 1 atom stereocenters. The van der Waals surface area contributed by atoms with Crippen molar-refractivity contribution in [3.63, 3.8) is 0 Å². The Morgan fingerprint density at radius 3 is 2.72 bits per heavy atom. The molecule has 1 amide bonds. The smallest absolute Gasteiger partial charge is 0.274 e. The topological polar surface area (TPSA) is 90.5 Å². The molecule has 0 saturated carbocycles. The van der Waals surface area contributed by atoms with Crippen LogP contribution >= 0.6 is 0 Å². The van der Waals surface area contributed by atoms with Crippen LogP contribution in [0.5, 0.6) is 0 Å². The minimum Gasteiger partial charge on any atom is -0.379 e. The first-order valence-electron chi connectivity index (χ1n) is 10.9. The summed E-state index contributed by atoms with van der Waals surface area (Å²) in [5.74, 6) is 0.333. The average molecular weight is 431 g/mol. The lowest BCUT2D eigenvalue weighted by molar-refractivity contribution is 0.0299. The number of allylic oxidation sites excluding steroid dienone is 3. The normalized spacial score (nSPS) is 21.5. The quantitative estimate of drug-likeness (QED) is 0.427. The Balaban J connectivity index is 1.51. The van der Waals surface area contributed by atoms with Crippen LogP contribution in [0.3, 0.4) is 0 Å². The standard InChI is InChI=1S/C25H26N4O3/c30-23(28-31)20-6-7-21-22(16-20)27-24(26-21)25(17-29-12-14-32-15-13-29)10-8-19(9-11-25)18-4-2-1-3-5-18/h1-10,16,31H,11-15,17H2,(H,26,27)(H,28,30). The van der Waals surface area contributed by atoms with Crippen molar-refractivity contribution in [2.45, 2.75) is 11.8 Å². The summed E-state index contributed by atoms with van der Waals surface area (Å²) in [7, 11) is 0. The zero-order chi connectivity index (χ0) is 22.0. The third kappa shape index (κ3) is 3.98. The number of hydrogen-bond donors (Lipinski definition) is 3. The molecule has 164 valence electrons. The van der Waals surface area contributed by atoms with Gasteiger partial charge in [0.2, 0.25) is 0 Å². The molecule has 7 nitrogen and oxygen atoms in total. The number of hydrogen-bond acceptors (Lipinski definition) is 5. The number of aromatic nitrogens is 2. The molecule has 1 saturated heterocycles. The Hall–Kier alpha value is -3.26. The van der Waals surface area contributed by atoms with Gasteiger partial charge in [0.25, 0.3) is 5.91 Å². The second-order valence-corrected chi connectivity index (χ2v) is 8.37. The summed E-state index contributed by atoms with van der Waals surface area (Å²) in [6.07, 6.45) is 7.56. The van der Waals surface area contributed by atoms with Crippen LogP contribution in [0.25, 0.3) is 16.6 Å². The van der Waals surface area contributed by atoms with Crippen molar-refractivity contribution in [3.05, 3.63) is 83.7 Å². The van der Waals surface area contributed by atoms with E-state index in [9.17, 15) is 4.79 Å². The number of rotatable bonds is 5. The van der Waals surface area contributed by atoms with Gasteiger partial charge < -0.3 is 9.72 Å². The van der Waals surface area contributed by atoms with E-state index in [1.165, 1.54) is 11.1 Å². The Morgan fingerprint density at radius 2 is 2.00 bits per heavy atom. The molecule has 0 radical (unpaired) electrons. The number of hydroxylamine groups is 1.